The molecular weight excluding hydrogens is 524 g/mol. The van der Waals surface area contributed by atoms with Crippen LogP contribution in [0.25, 0.3) is 6.08 Å². The number of halogens is 2. The summed E-state index contributed by atoms with van der Waals surface area (Å²) in [5, 5.41) is 2.65. The molecule has 3 aromatic rings. The van der Waals surface area contributed by atoms with Crippen molar-refractivity contribution < 1.29 is 23.9 Å². The van der Waals surface area contributed by atoms with Crippen LogP contribution >= 0.6 is 27.5 Å². The van der Waals surface area contributed by atoms with Gasteiger partial charge >= 0.3 is 6.03 Å². The van der Waals surface area contributed by atoms with Crippen molar-refractivity contribution in [1.29, 1.82) is 0 Å². The summed E-state index contributed by atoms with van der Waals surface area (Å²) in [4.78, 5) is 38.7. The van der Waals surface area contributed by atoms with Gasteiger partial charge in [-0.15, -0.1) is 0 Å². The van der Waals surface area contributed by atoms with Crippen LogP contribution < -0.4 is 19.7 Å². The molecule has 0 aliphatic carbocycles. The van der Waals surface area contributed by atoms with Crippen molar-refractivity contribution in [2.75, 3.05) is 12.0 Å². The normalized spacial score (nSPS) is 14.9. The summed E-state index contributed by atoms with van der Waals surface area (Å²) in [6, 6.07) is 18.1. The molecular formula is C25H18BrClN2O5. The number of imide groups is 2. The number of nitrogens with zero attached hydrogens (tertiary/aromatic N) is 1. The minimum absolute atomic E-state index is 0.194. The predicted molar refractivity (Wildman–Crippen MR) is 132 cm³/mol. The van der Waals surface area contributed by atoms with Crippen LogP contribution in [0.3, 0.4) is 0 Å². The Morgan fingerprint density at radius 3 is 2.35 bits per heavy atom. The summed E-state index contributed by atoms with van der Waals surface area (Å²) >= 11 is 9.29. The molecule has 1 heterocycles. The molecule has 4 rings (SSSR count). The Morgan fingerprint density at radius 1 is 0.971 bits per heavy atom. The van der Waals surface area contributed by atoms with Crippen LogP contribution in [0.4, 0.5) is 10.5 Å². The molecule has 0 unspecified atom stereocenters. The maximum Gasteiger partial charge on any atom is 0.335 e. The van der Waals surface area contributed by atoms with Crippen LogP contribution in [0.15, 0.2) is 76.8 Å². The van der Waals surface area contributed by atoms with E-state index in [-0.39, 0.29) is 5.57 Å². The smallest absolute Gasteiger partial charge is 0.335 e. The highest BCUT2D eigenvalue weighted by molar-refractivity contribution is 9.10. The zero-order valence-electron chi connectivity index (χ0n) is 17.9. The number of amides is 4. The van der Waals surface area contributed by atoms with Gasteiger partial charge in [0.2, 0.25) is 0 Å². The summed E-state index contributed by atoms with van der Waals surface area (Å²) < 4.78 is 12.3. The lowest BCUT2D eigenvalue weighted by molar-refractivity contribution is -0.122. The number of anilines is 1. The minimum atomic E-state index is -0.830. The summed E-state index contributed by atoms with van der Waals surface area (Å²) in [7, 11) is 1.50. The number of carbonyl (C=O) groups excluding carboxylic acids is 3. The first kappa shape index (κ1) is 23.5. The number of barbiturate groups is 1. The Labute approximate surface area is 209 Å². The molecule has 9 heteroatoms. The molecule has 0 bridgehead atoms. The number of hydrogen-bond donors (Lipinski definition) is 1. The van der Waals surface area contributed by atoms with Gasteiger partial charge in [0.05, 0.1) is 12.8 Å². The maximum absolute atomic E-state index is 13.0. The molecule has 172 valence electrons. The van der Waals surface area contributed by atoms with Crippen LogP contribution in [0.1, 0.15) is 11.1 Å². The topological polar surface area (TPSA) is 84.9 Å². The van der Waals surface area contributed by atoms with Crippen LogP contribution in [0.5, 0.6) is 11.5 Å². The molecule has 0 radical (unpaired) electrons. The van der Waals surface area contributed by atoms with E-state index in [2.05, 4.69) is 21.2 Å². The van der Waals surface area contributed by atoms with Crippen molar-refractivity contribution in [2.24, 2.45) is 0 Å². The number of urea groups is 1. The monoisotopic (exact) mass is 540 g/mol. The SMILES string of the molecule is COc1cc(C=C2C(=O)NC(=O)N(c3ccc(Cl)cc3)C2=O)ccc1OCc1ccc(Br)cc1. The standard InChI is InChI=1S/C25H18BrClN2O5/c1-33-22-13-16(4-11-21(22)34-14-15-2-5-17(26)6-3-15)12-20-23(30)28-25(32)29(24(20)31)19-9-7-18(27)8-10-19/h2-13H,14H2,1H3,(H,28,30,32). The third-order valence-electron chi connectivity index (χ3n) is 4.99. The fourth-order valence-electron chi connectivity index (χ4n) is 3.28. The van der Waals surface area contributed by atoms with Crippen LogP contribution in [-0.2, 0) is 16.2 Å². The molecule has 1 aliphatic heterocycles. The van der Waals surface area contributed by atoms with Crippen molar-refractivity contribution >= 4 is 57.1 Å². The van der Waals surface area contributed by atoms with Gasteiger partial charge in [0.15, 0.2) is 11.5 Å². The van der Waals surface area contributed by atoms with Crippen LogP contribution in [0, 0.1) is 0 Å². The number of ether oxygens (including phenoxy) is 2. The highest BCUT2D eigenvalue weighted by Crippen LogP contribution is 2.31. The quantitative estimate of drug-likeness (QED) is 0.336. The van der Waals surface area contributed by atoms with Crippen molar-refractivity contribution in [3.05, 3.63) is 92.9 Å². The van der Waals surface area contributed by atoms with Gasteiger partial charge < -0.3 is 9.47 Å². The maximum atomic E-state index is 13.0. The zero-order chi connectivity index (χ0) is 24.2. The second-order valence-corrected chi connectivity index (χ2v) is 8.61. The first-order valence-electron chi connectivity index (χ1n) is 10.1. The van der Waals surface area contributed by atoms with Crippen molar-refractivity contribution in [1.82, 2.24) is 5.32 Å². The lowest BCUT2D eigenvalue weighted by Crippen LogP contribution is -2.54. The van der Waals surface area contributed by atoms with Gasteiger partial charge in [-0.05, 0) is 65.7 Å². The van der Waals surface area contributed by atoms with Crippen molar-refractivity contribution in [2.45, 2.75) is 6.61 Å². The molecule has 4 amide bonds. The van der Waals surface area contributed by atoms with E-state index in [4.69, 9.17) is 21.1 Å². The van der Waals surface area contributed by atoms with Crippen LogP contribution in [-0.4, -0.2) is 25.0 Å². The van der Waals surface area contributed by atoms with Gasteiger partial charge in [0, 0.05) is 9.50 Å². The molecule has 0 aromatic heterocycles. The minimum Gasteiger partial charge on any atom is -0.493 e. The van der Waals surface area contributed by atoms with E-state index in [1.807, 2.05) is 24.3 Å². The average molecular weight is 542 g/mol. The summed E-state index contributed by atoms with van der Waals surface area (Å²) in [5.74, 6) is -0.592. The van der Waals surface area contributed by atoms with Gasteiger partial charge in [-0.2, -0.15) is 0 Å². The van der Waals surface area contributed by atoms with Crippen molar-refractivity contribution in [3.8, 4) is 11.5 Å². The fraction of sp³-hybridized carbons (Fsp3) is 0.0800. The highest BCUT2D eigenvalue weighted by Gasteiger charge is 2.36. The van der Waals surface area contributed by atoms with Crippen LogP contribution in [0.2, 0.25) is 5.02 Å². The molecule has 0 saturated carbocycles. The number of benzene rings is 3. The van der Waals surface area contributed by atoms with E-state index >= 15 is 0 Å². The lowest BCUT2D eigenvalue weighted by atomic mass is 10.1. The second-order valence-electron chi connectivity index (χ2n) is 7.26. The van der Waals surface area contributed by atoms with E-state index in [1.54, 1.807) is 30.3 Å². The Morgan fingerprint density at radius 2 is 1.68 bits per heavy atom. The summed E-state index contributed by atoms with van der Waals surface area (Å²) in [6.07, 6.45) is 1.40. The number of rotatable bonds is 6. The van der Waals surface area contributed by atoms with Gasteiger partial charge in [-0.25, -0.2) is 9.69 Å². The largest absolute Gasteiger partial charge is 0.493 e. The van der Waals surface area contributed by atoms with Gasteiger partial charge in [0.1, 0.15) is 12.2 Å². The third kappa shape index (κ3) is 5.13. The first-order valence-corrected chi connectivity index (χ1v) is 11.2. The molecule has 0 spiro atoms. The fourth-order valence-corrected chi connectivity index (χ4v) is 3.67. The molecule has 34 heavy (non-hydrogen) atoms. The molecule has 1 saturated heterocycles. The zero-order valence-corrected chi connectivity index (χ0v) is 20.2. The number of nitrogens with one attached hydrogen (secondary N) is 1. The molecule has 1 aliphatic rings. The summed E-state index contributed by atoms with van der Waals surface area (Å²) in [5.41, 5.74) is 1.60. The van der Waals surface area contributed by atoms with E-state index in [0.717, 1.165) is 14.9 Å². The number of carbonyl (C=O) groups is 3. The Hall–Kier alpha value is -3.62. The first-order chi connectivity index (χ1) is 16.4. The molecule has 0 atom stereocenters. The Bertz CT molecular complexity index is 1290. The highest BCUT2D eigenvalue weighted by atomic mass is 79.9. The van der Waals surface area contributed by atoms with Crippen molar-refractivity contribution in [3.63, 3.8) is 0 Å². The van der Waals surface area contributed by atoms with Gasteiger partial charge in [-0.3, -0.25) is 14.9 Å². The Balaban J connectivity index is 1.58. The summed E-state index contributed by atoms with van der Waals surface area (Å²) in [6.45, 7) is 0.336. The van der Waals surface area contributed by atoms with E-state index < -0.39 is 17.8 Å². The molecule has 1 N–H and O–H groups in total. The molecule has 3 aromatic carbocycles. The van der Waals surface area contributed by atoms with Gasteiger partial charge in [0.25, 0.3) is 11.8 Å². The average Bonchev–Trinajstić information content (AvgIpc) is 2.83. The lowest BCUT2D eigenvalue weighted by Gasteiger charge is -2.26. The number of hydrogen-bond acceptors (Lipinski definition) is 5. The molecule has 1 fully saturated rings. The van der Waals surface area contributed by atoms with Gasteiger partial charge in [-0.1, -0.05) is 45.7 Å². The van der Waals surface area contributed by atoms with E-state index in [0.29, 0.717) is 34.4 Å². The Kier molecular flexibility index (Phi) is 7.00. The van der Waals surface area contributed by atoms with E-state index in [1.165, 1.54) is 25.3 Å². The number of methoxy groups -OCH3 is 1. The molecule has 7 nitrogen and oxygen atoms in total. The second kappa shape index (κ2) is 10.1. The van der Waals surface area contributed by atoms with E-state index in [9.17, 15) is 14.4 Å². The third-order valence-corrected chi connectivity index (χ3v) is 5.77. The predicted octanol–water partition coefficient (Wildman–Crippen LogP) is 5.36.